The van der Waals surface area contributed by atoms with Crippen molar-refractivity contribution in [1.82, 2.24) is 5.32 Å². The Hall–Kier alpha value is -0.760. The molecule has 0 aromatic heterocycles. The molecule has 0 saturated carbocycles. The van der Waals surface area contributed by atoms with Gasteiger partial charge in [0.2, 0.25) is 0 Å². The van der Waals surface area contributed by atoms with Gasteiger partial charge in [-0.2, -0.15) is 0 Å². The van der Waals surface area contributed by atoms with Gasteiger partial charge in [0.1, 0.15) is 0 Å². The molecule has 2 aliphatic rings. The highest BCUT2D eigenvalue weighted by atomic mass is 14.9. The molecular formula is C8H12N2. The number of nitrogens with one attached hydrogen (secondary N) is 1. The van der Waals surface area contributed by atoms with E-state index >= 15 is 0 Å². The molecule has 0 spiro atoms. The first-order chi connectivity index (χ1) is 4.86. The van der Waals surface area contributed by atoms with Crippen LogP contribution < -0.4 is 11.1 Å². The number of hydrogen-bond acceptors (Lipinski definition) is 2. The minimum Gasteiger partial charge on any atom is -0.399 e. The average Bonchev–Trinajstić information content (AvgIpc) is 2.33. The summed E-state index contributed by atoms with van der Waals surface area (Å²) in [5.74, 6) is 0. The summed E-state index contributed by atoms with van der Waals surface area (Å²) in [6.45, 7) is 1.12. The predicted molar refractivity (Wildman–Crippen MR) is 41.4 cm³/mol. The summed E-state index contributed by atoms with van der Waals surface area (Å²) in [6.07, 6.45) is 6.46. The van der Waals surface area contributed by atoms with Crippen molar-refractivity contribution >= 4 is 0 Å². The second kappa shape index (κ2) is 2.13. The Morgan fingerprint density at radius 1 is 1.60 bits per heavy atom. The molecule has 2 rings (SSSR count). The third-order valence-electron chi connectivity index (χ3n) is 2.19. The van der Waals surface area contributed by atoms with E-state index in [9.17, 15) is 0 Å². The molecule has 1 aliphatic carbocycles. The normalized spacial score (nSPS) is 31.0. The van der Waals surface area contributed by atoms with Crippen LogP contribution in [0.4, 0.5) is 0 Å². The summed E-state index contributed by atoms with van der Waals surface area (Å²) >= 11 is 0. The van der Waals surface area contributed by atoms with Gasteiger partial charge in [0.25, 0.3) is 0 Å². The molecule has 1 atom stereocenters. The Labute approximate surface area is 60.8 Å². The van der Waals surface area contributed by atoms with Gasteiger partial charge in [0.05, 0.1) is 0 Å². The number of nitrogens with two attached hydrogens (primary N) is 1. The Kier molecular flexibility index (Phi) is 1.27. The van der Waals surface area contributed by atoms with E-state index in [1.807, 2.05) is 0 Å². The minimum atomic E-state index is 0.604. The Morgan fingerprint density at radius 2 is 2.50 bits per heavy atom. The molecule has 1 fully saturated rings. The zero-order valence-corrected chi connectivity index (χ0v) is 5.93. The van der Waals surface area contributed by atoms with Crippen molar-refractivity contribution in [2.45, 2.75) is 18.9 Å². The van der Waals surface area contributed by atoms with Crippen LogP contribution in [0.15, 0.2) is 23.4 Å². The summed E-state index contributed by atoms with van der Waals surface area (Å²) in [6, 6.07) is 0.604. The van der Waals surface area contributed by atoms with Gasteiger partial charge >= 0.3 is 0 Å². The van der Waals surface area contributed by atoms with Crippen LogP contribution in [-0.2, 0) is 0 Å². The second-order valence-corrected chi connectivity index (χ2v) is 2.92. The lowest BCUT2D eigenvalue weighted by Gasteiger charge is -2.14. The quantitative estimate of drug-likeness (QED) is 0.509. The Morgan fingerprint density at radius 3 is 3.40 bits per heavy atom. The smallest absolute Gasteiger partial charge is 0.0319 e. The van der Waals surface area contributed by atoms with Crippen LogP contribution in [-0.4, -0.2) is 12.6 Å². The van der Waals surface area contributed by atoms with E-state index in [0.717, 1.165) is 18.7 Å². The van der Waals surface area contributed by atoms with Gasteiger partial charge in [-0.05, 0) is 31.0 Å². The lowest BCUT2D eigenvalue weighted by Crippen LogP contribution is -2.24. The van der Waals surface area contributed by atoms with Gasteiger partial charge in [-0.1, -0.05) is 6.08 Å². The Balaban J connectivity index is 2.24. The topological polar surface area (TPSA) is 38.0 Å². The maximum Gasteiger partial charge on any atom is 0.0319 e. The van der Waals surface area contributed by atoms with E-state index in [0.29, 0.717) is 6.04 Å². The molecule has 1 aliphatic heterocycles. The molecule has 0 aromatic rings. The van der Waals surface area contributed by atoms with Gasteiger partial charge in [-0.25, -0.2) is 0 Å². The Bertz CT molecular complexity index is 203. The summed E-state index contributed by atoms with van der Waals surface area (Å²) in [4.78, 5) is 0. The van der Waals surface area contributed by atoms with E-state index in [2.05, 4.69) is 17.5 Å². The molecule has 0 amide bonds. The lowest BCUT2D eigenvalue weighted by molar-refractivity contribution is 0.665. The summed E-state index contributed by atoms with van der Waals surface area (Å²) in [5.41, 5.74) is 8.07. The van der Waals surface area contributed by atoms with Crippen LogP contribution in [0, 0.1) is 0 Å². The second-order valence-electron chi connectivity index (χ2n) is 2.92. The molecule has 1 heterocycles. The van der Waals surface area contributed by atoms with E-state index in [1.165, 1.54) is 12.0 Å². The zero-order valence-electron chi connectivity index (χ0n) is 5.93. The molecule has 0 aromatic carbocycles. The zero-order chi connectivity index (χ0) is 6.97. The number of hydrogen-bond donors (Lipinski definition) is 2. The number of allylic oxidation sites excluding steroid dienone is 1. The SMILES string of the molecule is NC1=CCC2NCCC2=C1. The fourth-order valence-electron chi connectivity index (χ4n) is 1.63. The standard InChI is InChI=1S/C8H12N2/c9-7-1-2-8-6(5-7)3-4-10-8/h1,5,8,10H,2-4,9H2. The summed E-state index contributed by atoms with van der Waals surface area (Å²) < 4.78 is 0. The number of fused-ring (bicyclic) bond motifs is 1. The summed E-state index contributed by atoms with van der Waals surface area (Å²) in [5, 5.41) is 3.41. The van der Waals surface area contributed by atoms with Crippen LogP contribution in [0.25, 0.3) is 0 Å². The first-order valence-electron chi connectivity index (χ1n) is 3.76. The van der Waals surface area contributed by atoms with Crippen molar-refractivity contribution in [1.29, 1.82) is 0 Å². The molecule has 0 bridgehead atoms. The van der Waals surface area contributed by atoms with Crippen molar-refractivity contribution in [3.8, 4) is 0 Å². The number of rotatable bonds is 0. The van der Waals surface area contributed by atoms with Gasteiger partial charge in [-0.3, -0.25) is 0 Å². The highest BCUT2D eigenvalue weighted by Crippen LogP contribution is 2.22. The van der Waals surface area contributed by atoms with Gasteiger partial charge in [0, 0.05) is 11.7 Å². The fraction of sp³-hybridized carbons (Fsp3) is 0.500. The van der Waals surface area contributed by atoms with Crippen LogP contribution in [0.5, 0.6) is 0 Å². The average molecular weight is 136 g/mol. The maximum atomic E-state index is 5.65. The van der Waals surface area contributed by atoms with Crippen LogP contribution in [0.2, 0.25) is 0 Å². The van der Waals surface area contributed by atoms with Crippen molar-refractivity contribution < 1.29 is 0 Å². The molecule has 2 nitrogen and oxygen atoms in total. The van der Waals surface area contributed by atoms with Crippen LogP contribution >= 0.6 is 0 Å². The predicted octanol–water partition coefficient (Wildman–Crippen LogP) is 0.521. The third-order valence-corrected chi connectivity index (χ3v) is 2.19. The summed E-state index contributed by atoms with van der Waals surface area (Å²) in [7, 11) is 0. The molecule has 2 heteroatoms. The first kappa shape index (κ1) is 5.98. The molecule has 54 valence electrons. The van der Waals surface area contributed by atoms with Gasteiger partial charge in [0.15, 0.2) is 0 Å². The minimum absolute atomic E-state index is 0.604. The van der Waals surface area contributed by atoms with Crippen molar-refractivity contribution in [3.63, 3.8) is 0 Å². The third kappa shape index (κ3) is 0.847. The molecular weight excluding hydrogens is 124 g/mol. The fourth-order valence-corrected chi connectivity index (χ4v) is 1.63. The largest absolute Gasteiger partial charge is 0.399 e. The monoisotopic (exact) mass is 136 g/mol. The van der Waals surface area contributed by atoms with Crippen molar-refractivity contribution in [2.24, 2.45) is 5.73 Å². The molecule has 1 unspecified atom stereocenters. The first-order valence-corrected chi connectivity index (χ1v) is 3.76. The van der Waals surface area contributed by atoms with Crippen LogP contribution in [0.3, 0.4) is 0 Å². The van der Waals surface area contributed by atoms with E-state index in [1.54, 1.807) is 0 Å². The van der Waals surface area contributed by atoms with Gasteiger partial charge in [-0.15, -0.1) is 0 Å². The van der Waals surface area contributed by atoms with Crippen LogP contribution in [0.1, 0.15) is 12.8 Å². The van der Waals surface area contributed by atoms with Crippen molar-refractivity contribution in [2.75, 3.05) is 6.54 Å². The van der Waals surface area contributed by atoms with E-state index in [-0.39, 0.29) is 0 Å². The van der Waals surface area contributed by atoms with Crippen molar-refractivity contribution in [3.05, 3.63) is 23.4 Å². The molecule has 10 heavy (non-hydrogen) atoms. The molecule has 0 radical (unpaired) electrons. The highest BCUT2D eigenvalue weighted by molar-refractivity contribution is 5.31. The maximum absolute atomic E-state index is 5.65. The molecule has 3 N–H and O–H groups in total. The molecule has 1 saturated heterocycles. The van der Waals surface area contributed by atoms with E-state index < -0.39 is 0 Å². The van der Waals surface area contributed by atoms with E-state index in [4.69, 9.17) is 5.73 Å². The highest BCUT2D eigenvalue weighted by Gasteiger charge is 2.20. The van der Waals surface area contributed by atoms with Gasteiger partial charge < -0.3 is 11.1 Å². The lowest BCUT2D eigenvalue weighted by atomic mass is 9.99.